The average molecular weight is 378 g/mol. The minimum Gasteiger partial charge on any atom is -0.470 e. The molecule has 28 heavy (non-hydrogen) atoms. The Balaban J connectivity index is 1.54. The number of aryl methyl sites for hydroxylation is 1. The third-order valence-corrected chi connectivity index (χ3v) is 5.42. The normalized spacial score (nSPS) is 19.7. The van der Waals surface area contributed by atoms with Crippen molar-refractivity contribution in [2.75, 3.05) is 6.54 Å². The van der Waals surface area contributed by atoms with Gasteiger partial charge in [-0.3, -0.25) is 4.79 Å². The van der Waals surface area contributed by atoms with Crippen LogP contribution in [0.4, 0.5) is 0 Å². The van der Waals surface area contributed by atoms with Gasteiger partial charge in [-0.15, -0.1) is 0 Å². The molecule has 0 bridgehead atoms. The summed E-state index contributed by atoms with van der Waals surface area (Å²) in [5, 5.41) is 0. The lowest BCUT2D eigenvalue weighted by atomic mass is 9.97. The first-order chi connectivity index (χ1) is 13.7. The third kappa shape index (κ3) is 3.59. The molecule has 1 saturated heterocycles. The predicted molar refractivity (Wildman–Crippen MR) is 108 cm³/mol. The van der Waals surface area contributed by atoms with Crippen LogP contribution in [0.3, 0.4) is 0 Å². The fourth-order valence-electron chi connectivity index (χ4n) is 3.89. The summed E-state index contributed by atoms with van der Waals surface area (Å²) in [7, 11) is 0. The van der Waals surface area contributed by atoms with E-state index in [1.165, 1.54) is 0 Å². The monoisotopic (exact) mass is 378 g/mol. The first-order valence-corrected chi connectivity index (χ1v) is 10.0. The summed E-state index contributed by atoms with van der Waals surface area (Å²) in [5.41, 5.74) is 2.63. The molecule has 0 unspecified atom stereocenters. The van der Waals surface area contributed by atoms with E-state index in [2.05, 4.69) is 29.9 Å². The highest BCUT2D eigenvalue weighted by Gasteiger charge is 2.32. The van der Waals surface area contributed by atoms with Gasteiger partial charge in [0.15, 0.2) is 5.65 Å². The predicted octanol–water partition coefficient (Wildman–Crippen LogP) is 3.75. The number of likely N-dealkylation sites (tertiary alicyclic amines) is 1. The van der Waals surface area contributed by atoms with Gasteiger partial charge in [0, 0.05) is 36.4 Å². The van der Waals surface area contributed by atoms with Crippen LogP contribution in [0.5, 0.6) is 5.88 Å². The highest BCUT2D eigenvalue weighted by Crippen LogP contribution is 2.25. The Morgan fingerprint density at radius 3 is 2.79 bits per heavy atom. The quantitative estimate of drug-likeness (QED) is 0.678. The summed E-state index contributed by atoms with van der Waals surface area (Å²) in [5.74, 6) is 0.614. The van der Waals surface area contributed by atoms with Crippen LogP contribution in [-0.4, -0.2) is 43.9 Å². The van der Waals surface area contributed by atoms with Crippen molar-refractivity contribution >= 4 is 11.6 Å². The van der Waals surface area contributed by atoms with Gasteiger partial charge in [0.1, 0.15) is 6.10 Å². The number of carbonyl (C=O) groups excluding carboxylic acids is 1. The van der Waals surface area contributed by atoms with Crippen LogP contribution in [-0.2, 0) is 6.42 Å². The summed E-state index contributed by atoms with van der Waals surface area (Å²) in [6, 6.07) is 8.14. The zero-order chi connectivity index (χ0) is 19.5. The number of amides is 1. The number of rotatable bonds is 5. The number of aromatic nitrogens is 3. The fraction of sp³-hybridized carbons (Fsp3) is 0.409. The van der Waals surface area contributed by atoms with E-state index in [4.69, 9.17) is 4.74 Å². The van der Waals surface area contributed by atoms with Crippen molar-refractivity contribution in [3.63, 3.8) is 0 Å². The molecule has 1 aliphatic rings. The van der Waals surface area contributed by atoms with E-state index >= 15 is 0 Å². The van der Waals surface area contributed by atoms with E-state index in [-0.39, 0.29) is 18.1 Å². The van der Waals surface area contributed by atoms with E-state index < -0.39 is 0 Å². The molecule has 0 spiro atoms. The maximum absolute atomic E-state index is 13.3. The van der Waals surface area contributed by atoms with Gasteiger partial charge in [0.2, 0.25) is 0 Å². The van der Waals surface area contributed by atoms with Crippen molar-refractivity contribution in [1.29, 1.82) is 0 Å². The Bertz CT molecular complexity index is 968. The zero-order valence-corrected chi connectivity index (χ0v) is 16.4. The van der Waals surface area contributed by atoms with E-state index in [1.54, 1.807) is 12.4 Å². The molecule has 0 radical (unpaired) electrons. The van der Waals surface area contributed by atoms with Gasteiger partial charge in [-0.25, -0.2) is 9.97 Å². The minimum atomic E-state index is -0.0890. The number of hydrogen-bond donors (Lipinski definition) is 0. The topological polar surface area (TPSA) is 59.7 Å². The molecule has 0 N–H and O–H groups in total. The zero-order valence-electron chi connectivity index (χ0n) is 16.4. The lowest BCUT2D eigenvalue weighted by Crippen LogP contribution is -2.49. The van der Waals surface area contributed by atoms with Crippen LogP contribution in [0.25, 0.3) is 5.65 Å². The highest BCUT2D eigenvalue weighted by atomic mass is 16.5. The van der Waals surface area contributed by atoms with E-state index in [0.717, 1.165) is 36.8 Å². The van der Waals surface area contributed by atoms with Gasteiger partial charge in [0.05, 0.1) is 6.54 Å². The molecular formula is C22H26N4O2. The molecule has 4 rings (SSSR count). The lowest BCUT2D eigenvalue weighted by molar-refractivity contribution is 0.0375. The molecule has 3 aromatic rings. The van der Waals surface area contributed by atoms with Gasteiger partial charge in [-0.1, -0.05) is 31.5 Å². The third-order valence-electron chi connectivity index (χ3n) is 5.42. The van der Waals surface area contributed by atoms with E-state index in [1.807, 2.05) is 39.9 Å². The summed E-state index contributed by atoms with van der Waals surface area (Å²) < 4.78 is 8.07. The number of nitrogens with zero attached hydrogens (tertiary/aromatic N) is 4. The van der Waals surface area contributed by atoms with Crippen molar-refractivity contribution in [3.05, 3.63) is 60.2 Å². The standard InChI is InChI=1S/C22H26N4O2/c1-3-6-17-7-4-5-8-19(17)22(27)26-15-18(10-9-16(26)2)28-21-20-23-11-13-25(20)14-12-24-21/h4-5,7-8,11-14,16,18H,3,6,9-10,15H2,1-2H3/t16-,18-/m1/s1. The lowest BCUT2D eigenvalue weighted by Gasteiger charge is -2.38. The Hall–Kier alpha value is -2.89. The minimum absolute atomic E-state index is 0.0890. The second-order valence-electron chi connectivity index (χ2n) is 7.42. The second-order valence-corrected chi connectivity index (χ2v) is 7.42. The number of fused-ring (bicyclic) bond motifs is 1. The molecule has 0 saturated carbocycles. The van der Waals surface area contributed by atoms with E-state index in [9.17, 15) is 4.79 Å². The van der Waals surface area contributed by atoms with Crippen LogP contribution in [0.2, 0.25) is 0 Å². The van der Waals surface area contributed by atoms with Crippen molar-refractivity contribution in [2.45, 2.75) is 51.7 Å². The van der Waals surface area contributed by atoms with Crippen LogP contribution >= 0.6 is 0 Å². The molecule has 0 aliphatic carbocycles. The molecule has 3 heterocycles. The SMILES string of the molecule is CCCc1ccccc1C(=O)N1C[C@H](Oc2nccn3ccnc23)CC[C@H]1C. The van der Waals surface area contributed by atoms with Crippen molar-refractivity contribution < 1.29 is 9.53 Å². The van der Waals surface area contributed by atoms with Crippen LogP contribution < -0.4 is 4.74 Å². The smallest absolute Gasteiger partial charge is 0.258 e. The molecule has 2 aromatic heterocycles. The Morgan fingerprint density at radius 1 is 1.18 bits per heavy atom. The molecule has 6 nitrogen and oxygen atoms in total. The second kappa shape index (κ2) is 8.00. The van der Waals surface area contributed by atoms with Crippen LogP contribution in [0.15, 0.2) is 49.1 Å². The molecule has 1 aliphatic heterocycles. The maximum atomic E-state index is 13.3. The van der Waals surface area contributed by atoms with Gasteiger partial charge >= 0.3 is 0 Å². The molecule has 1 fully saturated rings. The number of carbonyl (C=O) groups is 1. The van der Waals surface area contributed by atoms with E-state index in [0.29, 0.717) is 18.1 Å². The van der Waals surface area contributed by atoms with Crippen molar-refractivity contribution in [1.82, 2.24) is 19.3 Å². The molecule has 2 atom stereocenters. The summed E-state index contributed by atoms with van der Waals surface area (Å²) in [4.78, 5) is 23.9. The first kappa shape index (κ1) is 18.5. The van der Waals surface area contributed by atoms with Gasteiger partial charge in [-0.05, 0) is 37.8 Å². The number of piperidine rings is 1. The van der Waals surface area contributed by atoms with Gasteiger partial charge < -0.3 is 14.0 Å². The number of imidazole rings is 1. The largest absolute Gasteiger partial charge is 0.470 e. The molecule has 6 heteroatoms. The molecule has 146 valence electrons. The Labute approximate surface area is 165 Å². The number of ether oxygens (including phenoxy) is 1. The van der Waals surface area contributed by atoms with Crippen molar-refractivity contribution in [3.8, 4) is 5.88 Å². The summed E-state index contributed by atoms with van der Waals surface area (Å²) >= 11 is 0. The van der Waals surface area contributed by atoms with Gasteiger partial charge in [0.25, 0.3) is 11.8 Å². The summed E-state index contributed by atoms with van der Waals surface area (Å²) in [6.07, 6.45) is 10.8. The number of benzene rings is 1. The Morgan fingerprint density at radius 2 is 1.96 bits per heavy atom. The molecule has 1 aromatic carbocycles. The average Bonchev–Trinajstić information content (AvgIpc) is 3.19. The summed E-state index contributed by atoms with van der Waals surface area (Å²) in [6.45, 7) is 4.81. The first-order valence-electron chi connectivity index (χ1n) is 10.0. The Kier molecular flexibility index (Phi) is 5.28. The highest BCUT2D eigenvalue weighted by molar-refractivity contribution is 5.96. The molecular weight excluding hydrogens is 352 g/mol. The van der Waals surface area contributed by atoms with Crippen LogP contribution in [0.1, 0.15) is 49.0 Å². The van der Waals surface area contributed by atoms with Gasteiger partial charge in [-0.2, -0.15) is 0 Å². The fourth-order valence-corrected chi connectivity index (χ4v) is 3.89. The van der Waals surface area contributed by atoms with Crippen LogP contribution in [0, 0.1) is 0 Å². The van der Waals surface area contributed by atoms with Crippen molar-refractivity contribution in [2.24, 2.45) is 0 Å². The number of hydrogen-bond acceptors (Lipinski definition) is 4. The maximum Gasteiger partial charge on any atom is 0.258 e. The molecule has 1 amide bonds.